The smallest absolute Gasteiger partial charge is 0.0541 e. The Morgan fingerprint density at radius 1 is 0.338 bits per heavy atom. The summed E-state index contributed by atoms with van der Waals surface area (Å²) in [4.78, 5) is 0. The van der Waals surface area contributed by atoms with Gasteiger partial charge in [0.25, 0.3) is 0 Å². The molecule has 0 unspecified atom stereocenters. The molecular formula is C63H41NS. The fourth-order valence-corrected chi connectivity index (χ4v) is 12.6. The molecule has 0 atom stereocenters. The maximum Gasteiger partial charge on any atom is 0.0541 e. The molecule has 14 rings (SSSR count). The van der Waals surface area contributed by atoms with Crippen LogP contribution in [0.25, 0.3) is 124 Å². The second-order valence-electron chi connectivity index (χ2n) is 18.4. The molecule has 2 heteroatoms. The Hall–Kier alpha value is -7.78. The van der Waals surface area contributed by atoms with Crippen molar-refractivity contribution >= 4 is 85.6 Å². The summed E-state index contributed by atoms with van der Waals surface area (Å²) in [5, 5.41) is 12.9. The third-order valence-corrected chi connectivity index (χ3v) is 15.7. The zero-order valence-electron chi connectivity index (χ0n) is 36.1. The summed E-state index contributed by atoms with van der Waals surface area (Å²) >= 11 is 1.88. The average molecular weight is 844 g/mol. The van der Waals surface area contributed by atoms with Crippen LogP contribution in [0.3, 0.4) is 0 Å². The van der Waals surface area contributed by atoms with Gasteiger partial charge < -0.3 is 4.57 Å². The summed E-state index contributed by atoms with van der Waals surface area (Å²) in [6, 6.07) is 79.6. The molecule has 1 aliphatic carbocycles. The van der Waals surface area contributed by atoms with E-state index in [1.807, 2.05) is 11.3 Å². The van der Waals surface area contributed by atoms with Crippen molar-refractivity contribution in [1.82, 2.24) is 4.57 Å². The Labute approximate surface area is 381 Å². The third kappa shape index (κ3) is 5.32. The van der Waals surface area contributed by atoms with Gasteiger partial charge in [0.05, 0.1) is 11.0 Å². The van der Waals surface area contributed by atoms with Crippen molar-refractivity contribution in [2.75, 3.05) is 0 Å². The van der Waals surface area contributed by atoms with E-state index in [1.54, 1.807) is 0 Å². The summed E-state index contributed by atoms with van der Waals surface area (Å²) < 4.78 is 5.12. The molecule has 0 saturated carbocycles. The topological polar surface area (TPSA) is 4.93 Å². The molecule has 13 aromatic rings. The molecule has 304 valence electrons. The molecule has 1 aliphatic rings. The minimum Gasteiger partial charge on any atom is -0.309 e. The van der Waals surface area contributed by atoms with Gasteiger partial charge in [-0.1, -0.05) is 166 Å². The molecule has 65 heavy (non-hydrogen) atoms. The maximum atomic E-state index is 2.49. The van der Waals surface area contributed by atoms with Gasteiger partial charge in [-0.25, -0.2) is 0 Å². The Morgan fingerprint density at radius 2 is 0.892 bits per heavy atom. The first-order chi connectivity index (χ1) is 32.0. The molecular weight excluding hydrogens is 803 g/mol. The van der Waals surface area contributed by atoms with E-state index in [2.05, 4.69) is 231 Å². The van der Waals surface area contributed by atoms with Gasteiger partial charge in [0, 0.05) is 42.0 Å². The van der Waals surface area contributed by atoms with Gasteiger partial charge in [0.15, 0.2) is 0 Å². The number of hydrogen-bond acceptors (Lipinski definition) is 1. The highest BCUT2D eigenvalue weighted by Gasteiger charge is 2.36. The second-order valence-corrected chi connectivity index (χ2v) is 19.5. The lowest BCUT2D eigenvalue weighted by atomic mass is 9.80. The molecule has 0 amide bonds. The zero-order valence-corrected chi connectivity index (χ0v) is 36.9. The minimum atomic E-state index is -0.191. The number of nitrogens with zero attached hydrogens (tertiary/aromatic N) is 1. The van der Waals surface area contributed by atoms with E-state index in [9.17, 15) is 0 Å². The minimum absolute atomic E-state index is 0.191. The predicted molar refractivity (Wildman–Crippen MR) is 280 cm³/mol. The normalized spacial score (nSPS) is 13.2. The van der Waals surface area contributed by atoms with Crippen LogP contribution in [0.5, 0.6) is 0 Å². The van der Waals surface area contributed by atoms with Crippen molar-refractivity contribution in [3.05, 3.63) is 223 Å². The van der Waals surface area contributed by atoms with E-state index >= 15 is 0 Å². The molecule has 2 heterocycles. The SMILES string of the molecule is CC1(C)c2cc(-c3ccc4c(c3)c3ccccc3n4-c3ccc4cc5c(cc4c3)sc3ccccc35)ccc2-c2ccc(-c3c4ccccc4c(-c4ccccc4)c4ccccc34)cc21. The number of para-hydroxylation sites is 1. The van der Waals surface area contributed by atoms with Gasteiger partial charge in [-0.3, -0.25) is 0 Å². The Balaban J connectivity index is 0.869. The highest BCUT2D eigenvalue weighted by molar-refractivity contribution is 7.25. The number of rotatable bonds is 4. The summed E-state index contributed by atoms with van der Waals surface area (Å²) in [5.74, 6) is 0. The fraction of sp³-hybridized carbons (Fsp3) is 0.0476. The molecule has 0 spiro atoms. The van der Waals surface area contributed by atoms with E-state index < -0.39 is 0 Å². The van der Waals surface area contributed by atoms with Gasteiger partial charge in [-0.15, -0.1) is 11.3 Å². The molecule has 0 fully saturated rings. The lowest BCUT2D eigenvalue weighted by Crippen LogP contribution is -2.15. The number of fused-ring (bicyclic) bond motifs is 12. The average Bonchev–Trinajstić information content (AvgIpc) is 3.96. The molecule has 0 bridgehead atoms. The van der Waals surface area contributed by atoms with Crippen molar-refractivity contribution in [3.8, 4) is 50.2 Å². The van der Waals surface area contributed by atoms with Crippen LogP contribution >= 0.6 is 11.3 Å². The van der Waals surface area contributed by atoms with Crippen molar-refractivity contribution in [2.45, 2.75) is 19.3 Å². The molecule has 2 aromatic heterocycles. The van der Waals surface area contributed by atoms with Crippen LogP contribution in [0.1, 0.15) is 25.0 Å². The number of hydrogen-bond donors (Lipinski definition) is 0. The van der Waals surface area contributed by atoms with Crippen LogP contribution in [-0.2, 0) is 5.41 Å². The fourth-order valence-electron chi connectivity index (χ4n) is 11.5. The Kier molecular flexibility index (Phi) is 7.68. The number of thiophene rings is 1. The number of benzene rings is 11. The predicted octanol–water partition coefficient (Wildman–Crippen LogP) is 17.9. The van der Waals surface area contributed by atoms with Gasteiger partial charge in [-0.05, 0) is 149 Å². The van der Waals surface area contributed by atoms with Crippen LogP contribution in [0.15, 0.2) is 212 Å². The lowest BCUT2D eigenvalue weighted by Gasteiger charge is -2.23. The molecule has 11 aromatic carbocycles. The van der Waals surface area contributed by atoms with E-state index in [-0.39, 0.29) is 5.41 Å². The van der Waals surface area contributed by atoms with Crippen LogP contribution in [0.4, 0.5) is 0 Å². The maximum absolute atomic E-state index is 2.49. The van der Waals surface area contributed by atoms with Gasteiger partial charge in [-0.2, -0.15) is 0 Å². The summed E-state index contributed by atoms with van der Waals surface area (Å²) in [7, 11) is 0. The van der Waals surface area contributed by atoms with E-state index in [4.69, 9.17) is 0 Å². The van der Waals surface area contributed by atoms with Crippen molar-refractivity contribution < 1.29 is 0 Å². The quantitative estimate of drug-likeness (QED) is 0.156. The van der Waals surface area contributed by atoms with Crippen molar-refractivity contribution in [2.24, 2.45) is 0 Å². The first-order valence-electron chi connectivity index (χ1n) is 22.7. The van der Waals surface area contributed by atoms with Gasteiger partial charge in [0.2, 0.25) is 0 Å². The Morgan fingerprint density at radius 3 is 1.62 bits per heavy atom. The molecule has 0 radical (unpaired) electrons. The molecule has 1 nitrogen and oxygen atoms in total. The summed E-state index contributed by atoms with van der Waals surface area (Å²) in [6.07, 6.45) is 0. The Bertz CT molecular complexity index is 4090. The van der Waals surface area contributed by atoms with Crippen LogP contribution in [-0.4, -0.2) is 4.57 Å². The zero-order chi connectivity index (χ0) is 43.0. The number of aromatic nitrogens is 1. The van der Waals surface area contributed by atoms with Crippen molar-refractivity contribution in [1.29, 1.82) is 0 Å². The standard InChI is InChI=1S/C63H41NS/c1-63(2)55-35-41(25-29-45(55)46-30-26-42(36-56(46)63)62-51-20-8-6-18-49(51)61(38-14-4-3-5-15-38)50-19-7-9-21-52(50)62)39-27-31-58-53(33-39)47-16-10-12-22-57(47)64(58)44-28-24-40-34-54-48-17-11-13-23-59(48)65-60(54)37-43(40)32-44/h3-37H,1-2H3. The van der Waals surface area contributed by atoms with Crippen LogP contribution in [0, 0.1) is 0 Å². The molecule has 0 saturated heterocycles. The largest absolute Gasteiger partial charge is 0.309 e. The summed E-state index contributed by atoms with van der Waals surface area (Å²) in [5.41, 5.74) is 16.4. The highest BCUT2D eigenvalue weighted by Crippen LogP contribution is 2.52. The van der Waals surface area contributed by atoms with E-state index in [1.165, 1.54) is 136 Å². The van der Waals surface area contributed by atoms with E-state index in [0.29, 0.717) is 0 Å². The second kappa shape index (κ2) is 13.6. The molecule has 0 N–H and O–H groups in total. The summed E-state index contributed by atoms with van der Waals surface area (Å²) in [6.45, 7) is 4.82. The molecule has 0 aliphatic heterocycles. The highest BCUT2D eigenvalue weighted by atomic mass is 32.1. The van der Waals surface area contributed by atoms with Crippen LogP contribution < -0.4 is 0 Å². The first-order valence-corrected chi connectivity index (χ1v) is 23.5. The monoisotopic (exact) mass is 843 g/mol. The van der Waals surface area contributed by atoms with E-state index in [0.717, 1.165) is 0 Å². The van der Waals surface area contributed by atoms with Crippen LogP contribution in [0.2, 0.25) is 0 Å². The van der Waals surface area contributed by atoms with Crippen molar-refractivity contribution in [3.63, 3.8) is 0 Å². The first kappa shape index (κ1) is 36.7. The lowest BCUT2D eigenvalue weighted by molar-refractivity contribution is 0.661. The van der Waals surface area contributed by atoms with Gasteiger partial charge >= 0.3 is 0 Å². The van der Waals surface area contributed by atoms with Gasteiger partial charge in [0.1, 0.15) is 0 Å². The third-order valence-electron chi connectivity index (χ3n) is 14.5.